The molecule has 0 aromatic heterocycles. The summed E-state index contributed by atoms with van der Waals surface area (Å²) in [4.78, 5) is 23.3. The number of hydrogen-bond acceptors (Lipinski definition) is 5. The van der Waals surface area contributed by atoms with E-state index in [9.17, 15) is 19.1 Å². The van der Waals surface area contributed by atoms with Gasteiger partial charge in [0.15, 0.2) is 0 Å². The number of nitrogens with zero attached hydrogens (tertiary/aromatic N) is 1. The van der Waals surface area contributed by atoms with Gasteiger partial charge in [0.05, 0.1) is 10.5 Å². The van der Waals surface area contributed by atoms with Crippen molar-refractivity contribution in [2.24, 2.45) is 0 Å². The minimum absolute atomic E-state index is 0.0275. The van der Waals surface area contributed by atoms with Gasteiger partial charge < -0.3 is 11.1 Å². The fourth-order valence-electron chi connectivity index (χ4n) is 2.07. The molecule has 2 rings (SSSR count). The van der Waals surface area contributed by atoms with Crippen LogP contribution in [0, 0.1) is 17.0 Å². The molecule has 2 aromatic rings. The van der Waals surface area contributed by atoms with Crippen molar-refractivity contribution in [3.63, 3.8) is 0 Å². The fraction of sp³-hybridized carbons (Fsp3) is 0.133. The maximum atomic E-state index is 12.4. The molecule has 1 atom stereocenters. The van der Waals surface area contributed by atoms with Crippen molar-refractivity contribution in [2.75, 3.05) is 17.3 Å². The van der Waals surface area contributed by atoms with Crippen molar-refractivity contribution in [1.29, 1.82) is 0 Å². The van der Waals surface area contributed by atoms with Crippen LogP contribution >= 0.6 is 0 Å². The minimum Gasteiger partial charge on any atom is -0.393 e. The van der Waals surface area contributed by atoms with E-state index < -0.39 is 21.6 Å². The third kappa shape index (κ3) is 3.72. The Morgan fingerprint density at radius 3 is 2.61 bits per heavy atom. The lowest BCUT2D eigenvalue weighted by Crippen LogP contribution is -2.15. The van der Waals surface area contributed by atoms with Gasteiger partial charge in [-0.15, -0.1) is 0 Å². The van der Waals surface area contributed by atoms with Gasteiger partial charge in [-0.05, 0) is 36.8 Å². The molecule has 8 heteroatoms. The van der Waals surface area contributed by atoms with E-state index in [-0.39, 0.29) is 16.9 Å². The van der Waals surface area contributed by atoms with Crippen LogP contribution < -0.4 is 11.1 Å². The van der Waals surface area contributed by atoms with E-state index in [1.807, 2.05) is 0 Å². The van der Waals surface area contributed by atoms with Crippen molar-refractivity contribution >= 4 is 33.8 Å². The fourth-order valence-corrected chi connectivity index (χ4v) is 2.63. The Balaban J connectivity index is 2.36. The number of carbonyl (C=O) groups is 1. The number of amides is 1. The molecule has 0 radical (unpaired) electrons. The molecule has 3 N–H and O–H groups in total. The van der Waals surface area contributed by atoms with Crippen LogP contribution in [0.2, 0.25) is 0 Å². The summed E-state index contributed by atoms with van der Waals surface area (Å²) in [6.07, 6.45) is 1.53. The predicted molar refractivity (Wildman–Crippen MR) is 89.0 cm³/mol. The third-order valence-electron chi connectivity index (χ3n) is 3.17. The summed E-state index contributed by atoms with van der Waals surface area (Å²) in [6.45, 7) is 1.64. The third-order valence-corrected chi connectivity index (χ3v) is 4.09. The average molecular weight is 333 g/mol. The first-order valence-electron chi connectivity index (χ1n) is 6.59. The van der Waals surface area contributed by atoms with Gasteiger partial charge in [0, 0.05) is 33.7 Å². The normalized spacial score (nSPS) is 11.7. The first kappa shape index (κ1) is 16.6. The average Bonchev–Trinajstić information content (AvgIpc) is 2.49. The number of benzene rings is 2. The van der Waals surface area contributed by atoms with Gasteiger partial charge in [0.1, 0.15) is 5.69 Å². The van der Waals surface area contributed by atoms with E-state index in [1.165, 1.54) is 18.4 Å². The first-order chi connectivity index (χ1) is 10.8. The number of carbonyl (C=O) groups excluding carboxylic acids is 1. The molecular weight excluding hydrogens is 318 g/mol. The highest BCUT2D eigenvalue weighted by atomic mass is 32.2. The lowest BCUT2D eigenvalue weighted by molar-refractivity contribution is -0.384. The number of nitro benzene ring substituents is 1. The lowest BCUT2D eigenvalue weighted by atomic mass is 10.1. The van der Waals surface area contributed by atoms with Crippen LogP contribution in [0.3, 0.4) is 0 Å². The maximum Gasteiger partial charge on any atom is 0.293 e. The Morgan fingerprint density at radius 1 is 1.30 bits per heavy atom. The minimum atomic E-state index is -1.18. The second-order valence-corrected chi connectivity index (χ2v) is 6.32. The Hall–Kier alpha value is -2.74. The zero-order chi connectivity index (χ0) is 17.1. The van der Waals surface area contributed by atoms with Gasteiger partial charge in [-0.25, -0.2) is 0 Å². The molecule has 0 bridgehead atoms. The zero-order valence-corrected chi connectivity index (χ0v) is 13.3. The highest BCUT2D eigenvalue weighted by molar-refractivity contribution is 7.84. The van der Waals surface area contributed by atoms with Crippen LogP contribution in [0.5, 0.6) is 0 Å². The Morgan fingerprint density at radius 2 is 2.00 bits per heavy atom. The molecule has 0 heterocycles. The van der Waals surface area contributed by atoms with E-state index >= 15 is 0 Å². The largest absolute Gasteiger partial charge is 0.393 e. The molecule has 0 unspecified atom stereocenters. The second kappa shape index (κ2) is 6.57. The summed E-state index contributed by atoms with van der Waals surface area (Å²) < 4.78 is 11.5. The molecule has 0 fully saturated rings. The van der Waals surface area contributed by atoms with E-state index in [2.05, 4.69) is 5.32 Å². The summed E-state index contributed by atoms with van der Waals surface area (Å²) in [6, 6.07) is 9.35. The Kier molecular flexibility index (Phi) is 4.75. The van der Waals surface area contributed by atoms with Gasteiger partial charge in [-0.3, -0.25) is 19.1 Å². The number of nitrogen functional groups attached to an aromatic ring is 1. The quantitative estimate of drug-likeness (QED) is 0.506. The lowest BCUT2D eigenvalue weighted by Gasteiger charge is -2.09. The summed E-state index contributed by atoms with van der Waals surface area (Å²) in [5, 5.41) is 13.6. The molecule has 0 spiro atoms. The summed E-state index contributed by atoms with van der Waals surface area (Å²) >= 11 is 0. The summed E-state index contributed by atoms with van der Waals surface area (Å²) in [5.74, 6) is -0.562. The number of hydrogen-bond donors (Lipinski definition) is 2. The molecule has 0 saturated heterocycles. The monoisotopic (exact) mass is 333 g/mol. The summed E-state index contributed by atoms with van der Waals surface area (Å²) in [7, 11) is -1.18. The molecule has 0 aliphatic rings. The maximum absolute atomic E-state index is 12.4. The molecule has 2 aromatic carbocycles. The standard InChI is InChI=1S/C15H15N3O4S/c1-9-6-12(14(16)13(7-9)18(20)21)15(19)17-10-4-3-5-11(8-10)23(2)22/h3-8H,16H2,1-2H3,(H,17,19)/t23-/m0/s1. The Labute approximate surface area is 135 Å². The van der Waals surface area contributed by atoms with Crippen LogP contribution in [0.15, 0.2) is 41.3 Å². The van der Waals surface area contributed by atoms with Gasteiger partial charge >= 0.3 is 0 Å². The molecule has 1 amide bonds. The highest BCUT2D eigenvalue weighted by Crippen LogP contribution is 2.28. The van der Waals surface area contributed by atoms with Crippen LogP contribution in [-0.4, -0.2) is 21.3 Å². The Bertz CT molecular complexity index is 820. The van der Waals surface area contributed by atoms with E-state index in [4.69, 9.17) is 5.73 Å². The van der Waals surface area contributed by atoms with Crippen molar-refractivity contribution in [2.45, 2.75) is 11.8 Å². The predicted octanol–water partition coefficient (Wildman–Crippen LogP) is 2.48. The van der Waals surface area contributed by atoms with Crippen LogP contribution in [-0.2, 0) is 10.8 Å². The highest BCUT2D eigenvalue weighted by Gasteiger charge is 2.20. The first-order valence-corrected chi connectivity index (χ1v) is 8.14. The molecule has 0 aliphatic heterocycles. The van der Waals surface area contributed by atoms with Crippen LogP contribution in [0.4, 0.5) is 17.1 Å². The topological polar surface area (TPSA) is 115 Å². The number of anilines is 2. The van der Waals surface area contributed by atoms with Crippen molar-refractivity contribution in [3.05, 3.63) is 57.6 Å². The molecular formula is C15H15N3O4S. The smallest absolute Gasteiger partial charge is 0.293 e. The molecule has 23 heavy (non-hydrogen) atoms. The SMILES string of the molecule is Cc1cc(C(=O)Nc2cccc([S@](C)=O)c2)c(N)c([N+](=O)[O-])c1. The number of rotatable bonds is 4. The van der Waals surface area contributed by atoms with Crippen LogP contribution in [0.25, 0.3) is 0 Å². The number of nitrogens with one attached hydrogen (secondary N) is 1. The molecule has 7 nitrogen and oxygen atoms in total. The van der Waals surface area contributed by atoms with E-state index in [0.29, 0.717) is 16.1 Å². The number of nitrogens with two attached hydrogens (primary N) is 1. The van der Waals surface area contributed by atoms with E-state index in [0.717, 1.165) is 0 Å². The second-order valence-electron chi connectivity index (χ2n) is 4.94. The van der Waals surface area contributed by atoms with Gasteiger partial charge in [-0.1, -0.05) is 6.07 Å². The van der Waals surface area contributed by atoms with Gasteiger partial charge in [0.2, 0.25) is 0 Å². The zero-order valence-electron chi connectivity index (χ0n) is 12.5. The summed E-state index contributed by atoms with van der Waals surface area (Å²) in [5.41, 5.74) is 6.26. The molecule has 0 aliphatic carbocycles. The number of nitro groups is 1. The van der Waals surface area contributed by atoms with Crippen molar-refractivity contribution < 1.29 is 13.9 Å². The number of aryl methyl sites for hydroxylation is 1. The van der Waals surface area contributed by atoms with Gasteiger partial charge in [-0.2, -0.15) is 0 Å². The van der Waals surface area contributed by atoms with Crippen molar-refractivity contribution in [3.8, 4) is 0 Å². The molecule has 120 valence electrons. The van der Waals surface area contributed by atoms with E-state index in [1.54, 1.807) is 31.2 Å². The van der Waals surface area contributed by atoms with Crippen LogP contribution in [0.1, 0.15) is 15.9 Å². The molecule has 0 saturated carbocycles. The van der Waals surface area contributed by atoms with Gasteiger partial charge in [0.25, 0.3) is 11.6 Å². The van der Waals surface area contributed by atoms with Crippen molar-refractivity contribution in [1.82, 2.24) is 0 Å².